The first-order valence-electron chi connectivity index (χ1n) is 4.95. The van der Waals surface area contributed by atoms with Crippen LogP contribution in [0.5, 0.6) is 0 Å². The van der Waals surface area contributed by atoms with Gasteiger partial charge in [0, 0.05) is 5.69 Å². The Morgan fingerprint density at radius 1 is 1.17 bits per heavy atom. The molecular formula is C12H8ClNO3S. The highest BCUT2D eigenvalue weighted by molar-refractivity contribution is 7.12. The number of hydrogen-bond acceptors (Lipinski definition) is 3. The van der Waals surface area contributed by atoms with E-state index >= 15 is 0 Å². The molecule has 2 aromatic rings. The SMILES string of the molecule is O=C(O)c1ccc(NC(=O)c2sccc2Cl)cc1. The number of thiophene rings is 1. The van der Waals surface area contributed by atoms with E-state index in [0.717, 1.165) is 0 Å². The summed E-state index contributed by atoms with van der Waals surface area (Å²) < 4.78 is 0. The number of rotatable bonds is 3. The van der Waals surface area contributed by atoms with Gasteiger partial charge in [-0.05, 0) is 35.7 Å². The molecule has 0 aliphatic carbocycles. The summed E-state index contributed by atoms with van der Waals surface area (Å²) in [5, 5.41) is 13.5. The molecule has 4 nitrogen and oxygen atoms in total. The summed E-state index contributed by atoms with van der Waals surface area (Å²) in [4.78, 5) is 22.9. The highest BCUT2D eigenvalue weighted by Gasteiger charge is 2.12. The smallest absolute Gasteiger partial charge is 0.335 e. The highest BCUT2D eigenvalue weighted by Crippen LogP contribution is 2.23. The van der Waals surface area contributed by atoms with E-state index in [1.165, 1.54) is 35.6 Å². The number of anilines is 1. The van der Waals surface area contributed by atoms with Crippen molar-refractivity contribution < 1.29 is 14.7 Å². The molecular weight excluding hydrogens is 274 g/mol. The van der Waals surface area contributed by atoms with E-state index in [1.807, 2.05) is 0 Å². The summed E-state index contributed by atoms with van der Waals surface area (Å²) >= 11 is 7.09. The van der Waals surface area contributed by atoms with Crippen LogP contribution < -0.4 is 5.32 Å². The van der Waals surface area contributed by atoms with Crippen molar-refractivity contribution in [1.29, 1.82) is 0 Å². The summed E-state index contributed by atoms with van der Waals surface area (Å²) in [6.45, 7) is 0. The third kappa shape index (κ3) is 2.69. The number of aromatic carboxylic acids is 1. The molecule has 1 heterocycles. The van der Waals surface area contributed by atoms with Crippen molar-refractivity contribution in [2.24, 2.45) is 0 Å². The van der Waals surface area contributed by atoms with Gasteiger partial charge in [0.25, 0.3) is 5.91 Å². The topological polar surface area (TPSA) is 66.4 Å². The van der Waals surface area contributed by atoms with Crippen molar-refractivity contribution in [3.63, 3.8) is 0 Å². The largest absolute Gasteiger partial charge is 0.478 e. The van der Waals surface area contributed by atoms with Gasteiger partial charge in [-0.1, -0.05) is 11.6 Å². The van der Waals surface area contributed by atoms with Crippen molar-refractivity contribution in [2.45, 2.75) is 0 Å². The maximum Gasteiger partial charge on any atom is 0.335 e. The third-order valence-electron chi connectivity index (χ3n) is 2.21. The van der Waals surface area contributed by atoms with Gasteiger partial charge in [-0.15, -0.1) is 11.3 Å². The number of carbonyl (C=O) groups is 2. The van der Waals surface area contributed by atoms with Crippen molar-refractivity contribution in [3.8, 4) is 0 Å². The van der Waals surface area contributed by atoms with E-state index in [1.54, 1.807) is 11.4 Å². The number of carbonyl (C=O) groups excluding carboxylic acids is 1. The Morgan fingerprint density at radius 3 is 2.33 bits per heavy atom. The molecule has 0 saturated heterocycles. The fraction of sp³-hybridized carbons (Fsp3) is 0. The summed E-state index contributed by atoms with van der Waals surface area (Å²) in [6, 6.07) is 7.56. The summed E-state index contributed by atoms with van der Waals surface area (Å²) in [6.07, 6.45) is 0. The second-order valence-corrected chi connectivity index (χ2v) is 4.76. The lowest BCUT2D eigenvalue weighted by Crippen LogP contribution is -2.10. The van der Waals surface area contributed by atoms with Crippen LogP contribution >= 0.6 is 22.9 Å². The van der Waals surface area contributed by atoms with Crippen LogP contribution in [0.2, 0.25) is 5.02 Å². The summed E-state index contributed by atoms with van der Waals surface area (Å²) in [5.74, 6) is -1.31. The number of carboxylic acid groups (broad SMARTS) is 1. The fourth-order valence-corrected chi connectivity index (χ4v) is 2.38. The Kier molecular flexibility index (Phi) is 3.64. The Labute approximate surface area is 112 Å². The molecule has 1 aromatic carbocycles. The molecule has 6 heteroatoms. The predicted octanol–water partition coefficient (Wildman–Crippen LogP) is 3.35. The van der Waals surface area contributed by atoms with Gasteiger partial charge in [-0.25, -0.2) is 4.79 Å². The van der Waals surface area contributed by atoms with E-state index in [4.69, 9.17) is 16.7 Å². The van der Waals surface area contributed by atoms with E-state index in [9.17, 15) is 9.59 Å². The molecule has 0 radical (unpaired) electrons. The molecule has 1 amide bonds. The second-order valence-electron chi connectivity index (χ2n) is 3.43. The zero-order valence-corrected chi connectivity index (χ0v) is 10.6. The van der Waals surface area contributed by atoms with E-state index in [0.29, 0.717) is 15.6 Å². The summed E-state index contributed by atoms with van der Waals surface area (Å²) in [7, 11) is 0. The monoisotopic (exact) mass is 281 g/mol. The molecule has 0 aliphatic heterocycles. The lowest BCUT2D eigenvalue weighted by Gasteiger charge is -2.04. The van der Waals surface area contributed by atoms with Crippen LogP contribution in [-0.2, 0) is 0 Å². The van der Waals surface area contributed by atoms with Gasteiger partial charge < -0.3 is 10.4 Å². The lowest BCUT2D eigenvalue weighted by atomic mass is 10.2. The van der Waals surface area contributed by atoms with Crippen LogP contribution in [0.15, 0.2) is 35.7 Å². The average molecular weight is 282 g/mol. The number of benzene rings is 1. The van der Waals surface area contributed by atoms with Crippen LogP contribution in [0.4, 0.5) is 5.69 Å². The average Bonchev–Trinajstić information content (AvgIpc) is 2.76. The molecule has 0 atom stereocenters. The number of carboxylic acids is 1. The Balaban J connectivity index is 2.13. The Morgan fingerprint density at radius 2 is 1.83 bits per heavy atom. The molecule has 2 rings (SSSR count). The third-order valence-corrected chi connectivity index (χ3v) is 3.55. The first kappa shape index (κ1) is 12.6. The molecule has 0 unspecified atom stereocenters. The zero-order chi connectivity index (χ0) is 13.1. The zero-order valence-electron chi connectivity index (χ0n) is 9.01. The molecule has 0 aliphatic rings. The minimum Gasteiger partial charge on any atom is -0.478 e. The van der Waals surface area contributed by atoms with Crippen molar-refractivity contribution in [3.05, 3.63) is 51.2 Å². The standard InChI is InChI=1S/C12H8ClNO3S/c13-9-5-6-18-10(9)11(15)14-8-3-1-7(2-4-8)12(16)17/h1-6H,(H,14,15)(H,16,17). The molecule has 18 heavy (non-hydrogen) atoms. The molecule has 0 fully saturated rings. The van der Waals surface area contributed by atoms with Crippen molar-refractivity contribution >= 4 is 40.5 Å². The van der Waals surface area contributed by atoms with Gasteiger partial charge in [0.05, 0.1) is 10.6 Å². The van der Waals surface area contributed by atoms with E-state index < -0.39 is 5.97 Å². The predicted molar refractivity (Wildman–Crippen MR) is 70.7 cm³/mol. The van der Waals surface area contributed by atoms with Crippen LogP contribution in [0.25, 0.3) is 0 Å². The minimum absolute atomic E-state index is 0.169. The maximum atomic E-state index is 11.8. The maximum absolute atomic E-state index is 11.8. The molecule has 0 spiro atoms. The molecule has 92 valence electrons. The first-order valence-corrected chi connectivity index (χ1v) is 6.21. The molecule has 1 aromatic heterocycles. The lowest BCUT2D eigenvalue weighted by molar-refractivity contribution is 0.0696. The van der Waals surface area contributed by atoms with E-state index in [2.05, 4.69) is 5.32 Å². The van der Waals surface area contributed by atoms with Crippen LogP contribution in [0.3, 0.4) is 0 Å². The second kappa shape index (κ2) is 5.20. The van der Waals surface area contributed by atoms with Crippen molar-refractivity contribution in [2.75, 3.05) is 5.32 Å². The van der Waals surface area contributed by atoms with Gasteiger partial charge in [0.15, 0.2) is 0 Å². The quantitative estimate of drug-likeness (QED) is 0.906. The molecule has 0 bridgehead atoms. The van der Waals surface area contributed by atoms with Crippen LogP contribution in [-0.4, -0.2) is 17.0 Å². The van der Waals surface area contributed by atoms with Crippen LogP contribution in [0.1, 0.15) is 20.0 Å². The number of halogens is 1. The molecule has 0 saturated carbocycles. The Bertz CT molecular complexity index is 592. The van der Waals surface area contributed by atoms with Crippen LogP contribution in [0, 0.1) is 0 Å². The highest BCUT2D eigenvalue weighted by atomic mass is 35.5. The minimum atomic E-state index is -1.01. The van der Waals surface area contributed by atoms with Gasteiger partial charge >= 0.3 is 5.97 Å². The first-order chi connectivity index (χ1) is 8.58. The van der Waals surface area contributed by atoms with Gasteiger partial charge in [-0.2, -0.15) is 0 Å². The van der Waals surface area contributed by atoms with Gasteiger partial charge in [-0.3, -0.25) is 4.79 Å². The van der Waals surface area contributed by atoms with E-state index in [-0.39, 0.29) is 11.5 Å². The summed E-state index contributed by atoms with van der Waals surface area (Å²) in [5.41, 5.74) is 0.691. The van der Waals surface area contributed by atoms with Gasteiger partial charge in [0.2, 0.25) is 0 Å². The fourth-order valence-electron chi connectivity index (χ4n) is 1.34. The number of hydrogen-bond donors (Lipinski definition) is 2. The number of nitrogens with one attached hydrogen (secondary N) is 1. The molecule has 2 N–H and O–H groups in total. The van der Waals surface area contributed by atoms with Crippen molar-refractivity contribution in [1.82, 2.24) is 0 Å². The normalized spacial score (nSPS) is 10.1. The number of amides is 1. The van der Waals surface area contributed by atoms with Gasteiger partial charge in [0.1, 0.15) is 4.88 Å². The Hall–Kier alpha value is -1.85.